The molecule has 0 unspecified atom stereocenters. The molecule has 0 saturated carbocycles. The molecule has 1 N–H and O–H groups in total. The molecule has 4 aromatic rings. The highest BCUT2D eigenvalue weighted by Gasteiger charge is 2.11. The van der Waals surface area contributed by atoms with Crippen LogP contribution in [0.25, 0.3) is 11.0 Å². The van der Waals surface area contributed by atoms with E-state index in [0.29, 0.717) is 18.7 Å². The molecule has 5 heteroatoms. The Balaban J connectivity index is 1.32. The fourth-order valence-electron chi connectivity index (χ4n) is 3.87. The summed E-state index contributed by atoms with van der Waals surface area (Å²) in [6, 6.07) is 24.0. The van der Waals surface area contributed by atoms with Crippen LogP contribution < -0.4 is 10.1 Å². The van der Waals surface area contributed by atoms with Crippen LogP contribution in [0.3, 0.4) is 0 Å². The Morgan fingerprint density at radius 1 is 0.909 bits per heavy atom. The van der Waals surface area contributed by atoms with Crippen LogP contribution in [0.5, 0.6) is 5.75 Å². The zero-order valence-corrected chi connectivity index (χ0v) is 19.4. The predicted octanol–water partition coefficient (Wildman–Crippen LogP) is 5.48. The molecule has 4 rings (SSSR count). The van der Waals surface area contributed by atoms with E-state index >= 15 is 0 Å². The Labute approximate surface area is 195 Å². The summed E-state index contributed by atoms with van der Waals surface area (Å²) in [4.78, 5) is 17.2. The third-order valence-corrected chi connectivity index (χ3v) is 5.73. The van der Waals surface area contributed by atoms with E-state index in [1.54, 1.807) is 0 Å². The van der Waals surface area contributed by atoms with Gasteiger partial charge in [-0.15, -0.1) is 0 Å². The normalized spacial score (nSPS) is 11.0. The lowest BCUT2D eigenvalue weighted by molar-refractivity contribution is 0.0953. The van der Waals surface area contributed by atoms with Gasteiger partial charge < -0.3 is 14.6 Å². The van der Waals surface area contributed by atoms with Crippen molar-refractivity contribution in [1.29, 1.82) is 0 Å². The Bertz CT molecular complexity index is 1190. The summed E-state index contributed by atoms with van der Waals surface area (Å²) in [5.41, 5.74) is 5.23. The van der Waals surface area contributed by atoms with E-state index in [1.165, 1.54) is 5.56 Å². The Morgan fingerprint density at radius 2 is 1.61 bits per heavy atom. The second kappa shape index (κ2) is 10.8. The van der Waals surface area contributed by atoms with Gasteiger partial charge in [-0.2, -0.15) is 0 Å². The van der Waals surface area contributed by atoms with E-state index < -0.39 is 0 Å². The van der Waals surface area contributed by atoms with Gasteiger partial charge in [0.2, 0.25) is 0 Å². The third-order valence-electron chi connectivity index (χ3n) is 5.73. The van der Waals surface area contributed by atoms with Crippen molar-refractivity contribution in [2.24, 2.45) is 0 Å². The smallest absolute Gasteiger partial charge is 0.251 e. The van der Waals surface area contributed by atoms with E-state index in [9.17, 15) is 4.79 Å². The van der Waals surface area contributed by atoms with Crippen molar-refractivity contribution in [3.8, 4) is 5.75 Å². The number of fused-ring (bicyclic) bond motifs is 1. The molecule has 1 aromatic heterocycles. The molecule has 3 aromatic carbocycles. The average Bonchev–Trinajstić information content (AvgIpc) is 3.18. The van der Waals surface area contributed by atoms with Gasteiger partial charge in [-0.1, -0.05) is 47.5 Å². The molecule has 0 atom stereocenters. The third kappa shape index (κ3) is 6.01. The van der Waals surface area contributed by atoms with E-state index in [1.807, 2.05) is 49.4 Å². The van der Waals surface area contributed by atoms with Crippen molar-refractivity contribution in [3.05, 3.63) is 95.3 Å². The first-order valence-electron chi connectivity index (χ1n) is 11.6. The summed E-state index contributed by atoms with van der Waals surface area (Å²) in [5.74, 6) is 1.92. The topological polar surface area (TPSA) is 56.1 Å². The van der Waals surface area contributed by atoms with Gasteiger partial charge >= 0.3 is 0 Å². The molecule has 1 amide bonds. The maximum absolute atomic E-state index is 12.3. The number of para-hydroxylation sites is 2. The van der Waals surface area contributed by atoms with Crippen LogP contribution in [0.15, 0.2) is 72.8 Å². The molecule has 1 heterocycles. The monoisotopic (exact) mass is 441 g/mol. The molecular formula is C28H31N3O2. The molecule has 0 fully saturated rings. The summed E-state index contributed by atoms with van der Waals surface area (Å²) in [6.45, 7) is 6.21. The van der Waals surface area contributed by atoms with Crippen molar-refractivity contribution in [2.45, 2.75) is 39.7 Å². The average molecular weight is 442 g/mol. The second-order valence-corrected chi connectivity index (χ2v) is 8.41. The SMILES string of the molecule is Cc1ccc(OCCCn2c(CCCNC(=O)c3ccc(C)cc3)nc3ccccc32)cc1. The summed E-state index contributed by atoms with van der Waals surface area (Å²) in [6.07, 6.45) is 2.54. The molecule has 0 aliphatic heterocycles. The quantitative estimate of drug-likeness (QED) is 0.331. The number of imidazole rings is 1. The molecule has 170 valence electrons. The van der Waals surface area contributed by atoms with Gasteiger partial charge in [-0.3, -0.25) is 4.79 Å². The van der Waals surface area contributed by atoms with Crippen LogP contribution >= 0.6 is 0 Å². The van der Waals surface area contributed by atoms with E-state index in [0.717, 1.165) is 54.0 Å². The number of nitrogens with zero attached hydrogens (tertiary/aromatic N) is 2. The number of ether oxygens (including phenoxy) is 1. The van der Waals surface area contributed by atoms with Gasteiger partial charge in [-0.05, 0) is 63.1 Å². The molecule has 0 saturated heterocycles. The number of carbonyl (C=O) groups excluding carboxylic acids is 1. The fourth-order valence-corrected chi connectivity index (χ4v) is 3.87. The van der Waals surface area contributed by atoms with Gasteiger partial charge in [-0.25, -0.2) is 4.98 Å². The number of amides is 1. The highest BCUT2D eigenvalue weighted by Crippen LogP contribution is 2.18. The van der Waals surface area contributed by atoms with Crippen LogP contribution in [0, 0.1) is 13.8 Å². The molecule has 0 radical (unpaired) electrons. The molecule has 33 heavy (non-hydrogen) atoms. The highest BCUT2D eigenvalue weighted by molar-refractivity contribution is 5.94. The molecular weight excluding hydrogens is 410 g/mol. The van der Waals surface area contributed by atoms with Gasteiger partial charge in [0.05, 0.1) is 17.6 Å². The fraction of sp³-hybridized carbons (Fsp3) is 0.286. The zero-order chi connectivity index (χ0) is 23.0. The van der Waals surface area contributed by atoms with Crippen molar-refractivity contribution in [3.63, 3.8) is 0 Å². The van der Waals surface area contributed by atoms with Crippen molar-refractivity contribution in [2.75, 3.05) is 13.2 Å². The summed E-state index contributed by atoms with van der Waals surface area (Å²) in [7, 11) is 0. The van der Waals surface area contributed by atoms with Crippen LogP contribution in [0.1, 0.15) is 40.2 Å². The first-order valence-corrected chi connectivity index (χ1v) is 11.6. The number of rotatable bonds is 10. The summed E-state index contributed by atoms with van der Waals surface area (Å²) >= 11 is 0. The van der Waals surface area contributed by atoms with Gasteiger partial charge in [0.25, 0.3) is 5.91 Å². The standard InChI is InChI=1S/C28H31N3O2/c1-21-10-14-23(15-11-21)28(32)29-18-5-9-27-30-25-7-3-4-8-26(25)31(27)19-6-20-33-24-16-12-22(2)13-17-24/h3-4,7-8,10-17H,5-6,9,18-20H2,1-2H3,(H,29,32). The van der Waals surface area contributed by atoms with Crippen LogP contribution in [-0.2, 0) is 13.0 Å². The summed E-state index contributed by atoms with van der Waals surface area (Å²) < 4.78 is 8.19. The Hall–Kier alpha value is -3.60. The largest absolute Gasteiger partial charge is 0.494 e. The molecule has 0 aliphatic rings. The van der Waals surface area contributed by atoms with Crippen molar-refractivity contribution < 1.29 is 9.53 Å². The van der Waals surface area contributed by atoms with Crippen LogP contribution in [0.4, 0.5) is 0 Å². The zero-order valence-electron chi connectivity index (χ0n) is 19.4. The predicted molar refractivity (Wildman–Crippen MR) is 133 cm³/mol. The van der Waals surface area contributed by atoms with Gasteiger partial charge in [0, 0.05) is 25.1 Å². The molecule has 0 spiro atoms. The number of hydrogen-bond acceptors (Lipinski definition) is 3. The molecule has 5 nitrogen and oxygen atoms in total. The second-order valence-electron chi connectivity index (χ2n) is 8.41. The lowest BCUT2D eigenvalue weighted by Crippen LogP contribution is -2.25. The number of carbonyl (C=O) groups is 1. The van der Waals surface area contributed by atoms with Crippen LogP contribution in [0.2, 0.25) is 0 Å². The van der Waals surface area contributed by atoms with E-state index in [2.05, 4.69) is 47.1 Å². The van der Waals surface area contributed by atoms with E-state index in [4.69, 9.17) is 9.72 Å². The highest BCUT2D eigenvalue weighted by atomic mass is 16.5. The minimum Gasteiger partial charge on any atom is -0.494 e. The number of benzene rings is 3. The molecule has 0 bridgehead atoms. The van der Waals surface area contributed by atoms with Gasteiger partial charge in [0.1, 0.15) is 11.6 Å². The van der Waals surface area contributed by atoms with Gasteiger partial charge in [0.15, 0.2) is 0 Å². The van der Waals surface area contributed by atoms with Crippen LogP contribution in [-0.4, -0.2) is 28.6 Å². The summed E-state index contributed by atoms with van der Waals surface area (Å²) in [5, 5.41) is 3.02. The lowest BCUT2D eigenvalue weighted by Gasteiger charge is -2.11. The number of hydrogen-bond donors (Lipinski definition) is 1. The maximum Gasteiger partial charge on any atom is 0.251 e. The van der Waals surface area contributed by atoms with Crippen molar-refractivity contribution >= 4 is 16.9 Å². The van der Waals surface area contributed by atoms with E-state index in [-0.39, 0.29) is 5.91 Å². The first kappa shape index (κ1) is 22.6. The van der Waals surface area contributed by atoms with Crippen molar-refractivity contribution in [1.82, 2.24) is 14.9 Å². The Morgan fingerprint density at radius 3 is 2.36 bits per heavy atom. The molecule has 0 aliphatic carbocycles. The first-order chi connectivity index (χ1) is 16.1. The minimum absolute atomic E-state index is 0.0308. The Kier molecular flexibility index (Phi) is 7.40. The number of aromatic nitrogens is 2. The lowest BCUT2D eigenvalue weighted by atomic mass is 10.1. The number of nitrogens with one attached hydrogen (secondary N) is 1. The minimum atomic E-state index is -0.0308. The number of aryl methyl sites for hydroxylation is 4. The maximum atomic E-state index is 12.3.